The number of fused-ring (bicyclic) bond motifs is 1. The molecule has 2 amide bonds. The molecule has 0 bridgehead atoms. The van der Waals surface area contributed by atoms with Gasteiger partial charge in [0.25, 0.3) is 11.8 Å². The molecule has 7 nitrogen and oxygen atoms in total. The van der Waals surface area contributed by atoms with Crippen molar-refractivity contribution in [2.24, 2.45) is 0 Å². The van der Waals surface area contributed by atoms with Gasteiger partial charge >= 0.3 is 0 Å². The van der Waals surface area contributed by atoms with E-state index in [1.807, 2.05) is 12.1 Å². The third-order valence-electron chi connectivity index (χ3n) is 3.80. The van der Waals surface area contributed by atoms with Crippen molar-refractivity contribution in [2.75, 3.05) is 17.2 Å². The number of ether oxygens (including phenoxy) is 1. The minimum atomic E-state index is -0.307. The van der Waals surface area contributed by atoms with Crippen molar-refractivity contribution in [1.82, 2.24) is 9.97 Å². The molecule has 3 aromatic rings. The Morgan fingerprint density at radius 1 is 1.16 bits per heavy atom. The fourth-order valence-corrected chi connectivity index (χ4v) is 2.63. The second-order valence-corrected chi connectivity index (χ2v) is 5.49. The maximum absolute atomic E-state index is 12.6. The van der Waals surface area contributed by atoms with Crippen molar-refractivity contribution >= 4 is 23.2 Å². The van der Waals surface area contributed by atoms with Crippen LogP contribution >= 0.6 is 0 Å². The van der Waals surface area contributed by atoms with Crippen LogP contribution in [0.4, 0.5) is 11.4 Å². The summed E-state index contributed by atoms with van der Waals surface area (Å²) in [6.45, 7) is -0.102. The highest BCUT2D eigenvalue weighted by molar-refractivity contribution is 6.09. The maximum Gasteiger partial charge on any atom is 0.262 e. The van der Waals surface area contributed by atoms with Crippen molar-refractivity contribution in [3.05, 3.63) is 60.4 Å². The standard InChI is InChI=1S/C18H14N4O3/c23-15-10-25-16-13(2-1-3-14(16)22-15)18(24)21-12-6-4-11(5-7-12)17-19-8-9-20-17/h1-9H,10H2,(H,19,20)(H,21,24)(H,22,23). The zero-order valence-electron chi connectivity index (χ0n) is 13.1. The van der Waals surface area contributed by atoms with Gasteiger partial charge in [0.2, 0.25) is 0 Å². The molecular formula is C18H14N4O3. The zero-order chi connectivity index (χ0) is 17.2. The Labute approximate surface area is 143 Å². The Bertz CT molecular complexity index is 933. The van der Waals surface area contributed by atoms with Crippen LogP contribution in [0.2, 0.25) is 0 Å². The lowest BCUT2D eigenvalue weighted by molar-refractivity contribution is -0.118. The van der Waals surface area contributed by atoms with Crippen LogP contribution in [0.5, 0.6) is 5.75 Å². The van der Waals surface area contributed by atoms with E-state index in [4.69, 9.17) is 4.74 Å². The fraction of sp³-hybridized carbons (Fsp3) is 0.0556. The molecule has 1 aromatic heterocycles. The van der Waals surface area contributed by atoms with Crippen LogP contribution in [0.3, 0.4) is 0 Å². The van der Waals surface area contributed by atoms with Crippen molar-refractivity contribution in [3.8, 4) is 17.1 Å². The summed E-state index contributed by atoms with van der Waals surface area (Å²) in [5.41, 5.74) is 2.44. The molecule has 0 atom stereocenters. The van der Waals surface area contributed by atoms with Gasteiger partial charge < -0.3 is 20.4 Å². The average molecular weight is 334 g/mol. The van der Waals surface area contributed by atoms with Crippen LogP contribution in [-0.2, 0) is 4.79 Å². The molecule has 0 saturated carbocycles. The van der Waals surface area contributed by atoms with Crippen LogP contribution in [-0.4, -0.2) is 28.4 Å². The second-order valence-electron chi connectivity index (χ2n) is 5.49. The molecule has 2 aromatic carbocycles. The summed E-state index contributed by atoms with van der Waals surface area (Å²) < 4.78 is 5.41. The monoisotopic (exact) mass is 334 g/mol. The molecule has 0 fully saturated rings. The maximum atomic E-state index is 12.6. The number of rotatable bonds is 3. The number of aromatic nitrogens is 2. The molecule has 1 aliphatic heterocycles. The van der Waals surface area contributed by atoms with E-state index in [1.54, 1.807) is 42.7 Å². The number of benzene rings is 2. The fourth-order valence-electron chi connectivity index (χ4n) is 2.63. The molecule has 25 heavy (non-hydrogen) atoms. The Balaban J connectivity index is 1.55. The highest BCUT2D eigenvalue weighted by Crippen LogP contribution is 2.32. The van der Waals surface area contributed by atoms with Crippen LogP contribution in [0.15, 0.2) is 54.9 Å². The SMILES string of the molecule is O=C1COc2c(cccc2C(=O)Nc2ccc(-c3ncc[nH]3)cc2)N1. The highest BCUT2D eigenvalue weighted by atomic mass is 16.5. The van der Waals surface area contributed by atoms with E-state index in [9.17, 15) is 9.59 Å². The van der Waals surface area contributed by atoms with Gasteiger partial charge in [0.15, 0.2) is 12.4 Å². The highest BCUT2D eigenvalue weighted by Gasteiger charge is 2.22. The van der Waals surface area contributed by atoms with Gasteiger partial charge in [-0.15, -0.1) is 0 Å². The van der Waals surface area contributed by atoms with Crippen molar-refractivity contribution in [1.29, 1.82) is 0 Å². The molecule has 0 spiro atoms. The Hall–Kier alpha value is -3.61. The molecule has 0 aliphatic carbocycles. The molecule has 0 unspecified atom stereocenters. The summed E-state index contributed by atoms with van der Waals surface area (Å²) in [6, 6.07) is 12.4. The Morgan fingerprint density at radius 2 is 2.00 bits per heavy atom. The number of nitrogens with zero attached hydrogens (tertiary/aromatic N) is 1. The second kappa shape index (κ2) is 6.12. The lowest BCUT2D eigenvalue weighted by atomic mass is 10.1. The number of aromatic amines is 1. The van der Waals surface area contributed by atoms with Crippen LogP contribution in [0, 0.1) is 0 Å². The van der Waals surface area contributed by atoms with E-state index in [0.29, 0.717) is 22.7 Å². The number of nitrogens with one attached hydrogen (secondary N) is 3. The molecule has 4 rings (SSSR count). The predicted molar refractivity (Wildman–Crippen MR) is 92.5 cm³/mol. The van der Waals surface area contributed by atoms with E-state index in [-0.39, 0.29) is 18.4 Å². The summed E-state index contributed by atoms with van der Waals surface area (Å²) in [5, 5.41) is 5.52. The first-order valence-electron chi connectivity index (χ1n) is 7.67. The van der Waals surface area contributed by atoms with Gasteiger partial charge in [0, 0.05) is 23.6 Å². The van der Waals surface area contributed by atoms with Crippen LogP contribution in [0.1, 0.15) is 10.4 Å². The first-order valence-corrected chi connectivity index (χ1v) is 7.67. The van der Waals surface area contributed by atoms with Gasteiger partial charge in [-0.3, -0.25) is 9.59 Å². The topological polar surface area (TPSA) is 96.1 Å². The number of carbonyl (C=O) groups is 2. The van der Waals surface area contributed by atoms with E-state index in [2.05, 4.69) is 20.6 Å². The van der Waals surface area contributed by atoms with Crippen molar-refractivity contribution < 1.29 is 14.3 Å². The lowest BCUT2D eigenvalue weighted by Gasteiger charge is -2.20. The molecule has 1 aliphatic rings. The summed E-state index contributed by atoms with van der Waals surface area (Å²) >= 11 is 0. The number of imidazole rings is 1. The number of amides is 2. The minimum Gasteiger partial charge on any atom is -0.481 e. The number of hydrogen-bond acceptors (Lipinski definition) is 4. The Kier molecular flexibility index (Phi) is 3.66. The van der Waals surface area contributed by atoms with Gasteiger partial charge in [-0.1, -0.05) is 6.07 Å². The van der Waals surface area contributed by atoms with Crippen molar-refractivity contribution in [2.45, 2.75) is 0 Å². The van der Waals surface area contributed by atoms with Gasteiger partial charge in [0.05, 0.1) is 11.3 Å². The number of para-hydroxylation sites is 1. The smallest absolute Gasteiger partial charge is 0.262 e. The van der Waals surface area contributed by atoms with Gasteiger partial charge in [-0.05, 0) is 36.4 Å². The number of hydrogen-bond donors (Lipinski definition) is 3. The van der Waals surface area contributed by atoms with Crippen LogP contribution < -0.4 is 15.4 Å². The summed E-state index contributed by atoms with van der Waals surface area (Å²) in [5.74, 6) is 0.600. The van der Waals surface area contributed by atoms with E-state index < -0.39 is 0 Å². The number of carbonyl (C=O) groups excluding carboxylic acids is 2. The third-order valence-corrected chi connectivity index (χ3v) is 3.80. The normalized spacial score (nSPS) is 12.7. The Morgan fingerprint density at radius 3 is 2.76 bits per heavy atom. The third kappa shape index (κ3) is 2.94. The molecule has 124 valence electrons. The average Bonchev–Trinajstić information content (AvgIpc) is 3.16. The van der Waals surface area contributed by atoms with Crippen molar-refractivity contribution in [3.63, 3.8) is 0 Å². The van der Waals surface area contributed by atoms with E-state index in [0.717, 1.165) is 11.4 Å². The first-order chi connectivity index (χ1) is 12.2. The molecule has 0 radical (unpaired) electrons. The minimum absolute atomic E-state index is 0.102. The zero-order valence-corrected chi connectivity index (χ0v) is 13.1. The van der Waals surface area contributed by atoms with Crippen LogP contribution in [0.25, 0.3) is 11.4 Å². The largest absolute Gasteiger partial charge is 0.481 e. The number of anilines is 2. The molecule has 3 N–H and O–H groups in total. The number of H-pyrrole nitrogens is 1. The summed E-state index contributed by atoms with van der Waals surface area (Å²) in [6.07, 6.45) is 3.44. The molecule has 2 heterocycles. The quantitative estimate of drug-likeness (QED) is 0.686. The lowest BCUT2D eigenvalue weighted by Crippen LogP contribution is -2.27. The summed E-state index contributed by atoms with van der Waals surface area (Å²) in [4.78, 5) is 31.2. The van der Waals surface area contributed by atoms with Gasteiger partial charge in [-0.25, -0.2) is 4.98 Å². The van der Waals surface area contributed by atoms with E-state index >= 15 is 0 Å². The van der Waals surface area contributed by atoms with Gasteiger partial charge in [-0.2, -0.15) is 0 Å². The molecular weight excluding hydrogens is 320 g/mol. The molecule has 7 heteroatoms. The predicted octanol–water partition coefficient (Wildman–Crippen LogP) is 2.66. The first kappa shape index (κ1) is 14.9. The van der Waals surface area contributed by atoms with Gasteiger partial charge in [0.1, 0.15) is 5.82 Å². The van der Waals surface area contributed by atoms with E-state index in [1.165, 1.54) is 0 Å². The molecule has 0 saturated heterocycles. The summed E-state index contributed by atoms with van der Waals surface area (Å²) in [7, 11) is 0.